The average molecular weight is 487 g/mol. The van der Waals surface area contributed by atoms with Gasteiger partial charge in [0, 0.05) is 12.2 Å². The van der Waals surface area contributed by atoms with Gasteiger partial charge in [-0.1, -0.05) is 24.1 Å². The van der Waals surface area contributed by atoms with Crippen LogP contribution in [0.1, 0.15) is 5.56 Å². The smallest absolute Gasteiger partial charge is 0.149 e. The maximum atomic E-state index is 5.80. The molecule has 0 aliphatic heterocycles. The maximum Gasteiger partial charge on any atom is 0.149 e. The van der Waals surface area contributed by atoms with E-state index in [2.05, 4.69) is 43.1 Å². The summed E-state index contributed by atoms with van der Waals surface area (Å²) in [6.07, 6.45) is 5.25. The van der Waals surface area contributed by atoms with Gasteiger partial charge in [0.25, 0.3) is 0 Å². The Morgan fingerprint density at radius 3 is 2.15 bits per heavy atom. The van der Waals surface area contributed by atoms with E-state index in [9.17, 15) is 0 Å². The molecule has 136 valence electrons. The normalized spacial score (nSPS) is 10.1. The van der Waals surface area contributed by atoms with E-state index < -0.39 is 0 Å². The number of anilines is 1. The highest BCUT2D eigenvalue weighted by Crippen LogP contribution is 2.35. The molecule has 3 nitrogen and oxygen atoms in total. The predicted octanol–water partition coefficient (Wildman–Crippen LogP) is 6.63. The molecule has 0 unspecified atom stereocenters. The lowest BCUT2D eigenvalue weighted by Gasteiger charge is -2.12. The molecule has 0 bridgehead atoms. The highest BCUT2D eigenvalue weighted by Gasteiger charge is 2.09. The third-order valence-electron chi connectivity index (χ3n) is 3.69. The van der Waals surface area contributed by atoms with Crippen LogP contribution in [-0.2, 0) is 6.54 Å². The highest BCUT2D eigenvalue weighted by atomic mass is 79.9. The van der Waals surface area contributed by atoms with Gasteiger partial charge in [-0.2, -0.15) is 0 Å². The van der Waals surface area contributed by atoms with E-state index in [1.54, 1.807) is 0 Å². The summed E-state index contributed by atoms with van der Waals surface area (Å²) in [4.78, 5) is 0. The van der Waals surface area contributed by atoms with Crippen LogP contribution in [0.5, 0.6) is 17.2 Å². The van der Waals surface area contributed by atoms with Crippen molar-refractivity contribution in [3.8, 4) is 29.6 Å². The SMILES string of the molecule is C#CCOc1c(Br)cc(CNc2ccc(Oc3ccccc3)cc2)cc1Br. The molecule has 3 aromatic rings. The third kappa shape index (κ3) is 5.53. The Kier molecular flexibility index (Phi) is 6.80. The molecule has 3 rings (SSSR count). The van der Waals surface area contributed by atoms with E-state index in [-0.39, 0.29) is 6.61 Å². The zero-order valence-corrected chi connectivity index (χ0v) is 17.6. The highest BCUT2D eigenvalue weighted by molar-refractivity contribution is 9.11. The lowest BCUT2D eigenvalue weighted by molar-refractivity contribution is 0.365. The van der Waals surface area contributed by atoms with Crippen LogP contribution in [0.3, 0.4) is 0 Å². The van der Waals surface area contributed by atoms with E-state index >= 15 is 0 Å². The molecule has 0 aliphatic rings. The Morgan fingerprint density at radius 2 is 1.52 bits per heavy atom. The fourth-order valence-electron chi connectivity index (χ4n) is 2.44. The molecule has 1 N–H and O–H groups in total. The van der Waals surface area contributed by atoms with Gasteiger partial charge in [-0.15, -0.1) is 6.42 Å². The number of rotatable bonds is 7. The van der Waals surface area contributed by atoms with Crippen LogP contribution in [0.25, 0.3) is 0 Å². The van der Waals surface area contributed by atoms with Crippen molar-refractivity contribution in [1.82, 2.24) is 0 Å². The molecule has 0 fully saturated rings. The number of ether oxygens (including phenoxy) is 2. The summed E-state index contributed by atoms with van der Waals surface area (Å²) in [6.45, 7) is 0.901. The van der Waals surface area contributed by atoms with E-state index in [0.29, 0.717) is 12.3 Å². The van der Waals surface area contributed by atoms with Gasteiger partial charge >= 0.3 is 0 Å². The van der Waals surface area contributed by atoms with E-state index in [4.69, 9.17) is 15.9 Å². The van der Waals surface area contributed by atoms with Gasteiger partial charge in [0.05, 0.1) is 8.95 Å². The molecule has 27 heavy (non-hydrogen) atoms. The van der Waals surface area contributed by atoms with Crippen LogP contribution in [-0.4, -0.2) is 6.61 Å². The number of para-hydroxylation sites is 1. The fourth-order valence-corrected chi connectivity index (χ4v) is 3.95. The second-order valence-corrected chi connectivity index (χ2v) is 7.38. The van der Waals surface area contributed by atoms with Gasteiger partial charge in [0.15, 0.2) is 0 Å². The monoisotopic (exact) mass is 485 g/mol. The molecule has 5 heteroatoms. The van der Waals surface area contributed by atoms with Crippen molar-refractivity contribution < 1.29 is 9.47 Å². The fraction of sp³-hybridized carbons (Fsp3) is 0.0909. The molecule has 0 atom stereocenters. The first kappa shape index (κ1) is 19.3. The first-order chi connectivity index (χ1) is 13.2. The Hall–Kier alpha value is -2.42. The van der Waals surface area contributed by atoms with Gasteiger partial charge in [0.2, 0.25) is 0 Å². The summed E-state index contributed by atoms with van der Waals surface area (Å²) in [6, 6.07) is 21.6. The summed E-state index contributed by atoms with van der Waals surface area (Å²) in [7, 11) is 0. The number of halogens is 2. The molecule has 3 aromatic carbocycles. The average Bonchev–Trinajstić information content (AvgIpc) is 2.68. The lowest BCUT2D eigenvalue weighted by atomic mass is 10.2. The largest absolute Gasteiger partial charge is 0.479 e. The summed E-state index contributed by atoms with van der Waals surface area (Å²) in [5.74, 6) is 4.79. The third-order valence-corrected chi connectivity index (χ3v) is 4.87. The number of hydrogen-bond donors (Lipinski definition) is 1. The van der Waals surface area contributed by atoms with E-state index in [0.717, 1.165) is 31.7 Å². The number of benzene rings is 3. The van der Waals surface area contributed by atoms with E-state index in [1.807, 2.05) is 66.7 Å². The number of hydrogen-bond acceptors (Lipinski definition) is 3. The van der Waals surface area contributed by atoms with Crippen molar-refractivity contribution >= 4 is 37.5 Å². The molecule has 0 aliphatic carbocycles. The zero-order valence-electron chi connectivity index (χ0n) is 14.4. The minimum absolute atomic E-state index is 0.228. The van der Waals surface area contributed by atoms with Crippen molar-refractivity contribution in [2.45, 2.75) is 6.54 Å². The van der Waals surface area contributed by atoms with Crippen molar-refractivity contribution in [2.24, 2.45) is 0 Å². The zero-order chi connectivity index (χ0) is 19.1. The van der Waals surface area contributed by atoms with Crippen LogP contribution >= 0.6 is 31.9 Å². The first-order valence-corrected chi connectivity index (χ1v) is 9.85. The van der Waals surface area contributed by atoms with Crippen LogP contribution in [0, 0.1) is 12.3 Å². The van der Waals surface area contributed by atoms with Gasteiger partial charge in [0.1, 0.15) is 23.9 Å². The Bertz CT molecular complexity index is 912. The molecule has 0 amide bonds. The summed E-state index contributed by atoms with van der Waals surface area (Å²) in [5, 5.41) is 3.40. The molecular weight excluding hydrogens is 470 g/mol. The van der Waals surface area contributed by atoms with E-state index in [1.165, 1.54) is 0 Å². The second kappa shape index (κ2) is 9.50. The first-order valence-electron chi connectivity index (χ1n) is 8.27. The number of terminal acetylenes is 1. The van der Waals surface area contributed by atoms with Crippen molar-refractivity contribution in [3.63, 3.8) is 0 Å². The molecule has 0 heterocycles. The number of nitrogens with one attached hydrogen (secondary N) is 1. The minimum atomic E-state index is 0.228. The maximum absolute atomic E-state index is 5.80. The van der Waals surface area contributed by atoms with Gasteiger partial charge in [-0.05, 0) is 86.0 Å². The Labute approximate surface area is 176 Å². The molecule has 0 saturated carbocycles. The Morgan fingerprint density at radius 1 is 0.889 bits per heavy atom. The molecule has 0 radical (unpaired) electrons. The van der Waals surface area contributed by atoms with Crippen LogP contribution in [0.4, 0.5) is 5.69 Å². The summed E-state index contributed by atoms with van der Waals surface area (Å²) in [5.41, 5.74) is 2.11. The second-order valence-electron chi connectivity index (χ2n) is 5.67. The van der Waals surface area contributed by atoms with Crippen LogP contribution in [0.15, 0.2) is 75.7 Å². The van der Waals surface area contributed by atoms with Gasteiger partial charge < -0.3 is 14.8 Å². The standard InChI is InChI=1S/C22H17Br2NO2/c1-2-12-26-22-20(23)13-16(14-21(22)24)15-25-17-8-10-19(11-9-17)27-18-6-4-3-5-7-18/h1,3-11,13-14,25H,12,15H2. The van der Waals surface area contributed by atoms with Gasteiger partial charge in [-0.25, -0.2) is 0 Å². The lowest BCUT2D eigenvalue weighted by Crippen LogP contribution is -2.01. The molecular formula is C22H17Br2NO2. The molecule has 0 aromatic heterocycles. The van der Waals surface area contributed by atoms with Crippen LogP contribution in [0.2, 0.25) is 0 Å². The Balaban J connectivity index is 1.61. The predicted molar refractivity (Wildman–Crippen MR) is 116 cm³/mol. The molecule has 0 saturated heterocycles. The van der Waals surface area contributed by atoms with Crippen molar-refractivity contribution in [1.29, 1.82) is 0 Å². The van der Waals surface area contributed by atoms with Crippen LogP contribution < -0.4 is 14.8 Å². The summed E-state index contributed by atoms with van der Waals surface area (Å²) < 4.78 is 13.1. The van der Waals surface area contributed by atoms with Crippen molar-refractivity contribution in [3.05, 3.63) is 81.2 Å². The van der Waals surface area contributed by atoms with Gasteiger partial charge in [-0.3, -0.25) is 0 Å². The minimum Gasteiger partial charge on any atom is -0.479 e. The molecule has 0 spiro atoms. The summed E-state index contributed by atoms with van der Waals surface area (Å²) >= 11 is 7.06. The van der Waals surface area contributed by atoms with Crippen molar-refractivity contribution in [2.75, 3.05) is 11.9 Å². The quantitative estimate of drug-likeness (QED) is 0.380. The topological polar surface area (TPSA) is 30.5 Å².